The molecule has 1 unspecified atom stereocenters. The minimum Gasteiger partial charge on any atom is -0.477 e. The molecule has 1 fully saturated rings. The average molecular weight is 377 g/mol. The van der Waals surface area contributed by atoms with Crippen LogP contribution < -0.4 is 9.47 Å². The number of rotatable bonds is 5. The van der Waals surface area contributed by atoms with E-state index in [1.54, 1.807) is 6.07 Å². The van der Waals surface area contributed by atoms with Crippen LogP contribution in [0.1, 0.15) is 24.0 Å². The molecule has 0 bridgehead atoms. The maximum Gasteiger partial charge on any atom is 0.278 e. The molecule has 1 aliphatic heterocycles. The fraction of sp³-hybridized carbons (Fsp3) is 0.444. The Labute approximate surface area is 154 Å². The zero-order valence-electron chi connectivity index (χ0n) is 15.2. The maximum atomic E-state index is 13.1. The van der Waals surface area contributed by atoms with Gasteiger partial charge in [-0.05, 0) is 43.9 Å². The summed E-state index contributed by atoms with van der Waals surface area (Å²) in [6.45, 7) is 4.46. The van der Waals surface area contributed by atoms with Gasteiger partial charge >= 0.3 is 0 Å². The fourth-order valence-corrected chi connectivity index (χ4v) is 4.85. The first-order chi connectivity index (χ1) is 12.4. The Morgan fingerprint density at radius 1 is 1.15 bits per heavy atom. The number of sulfonamides is 1. The first kappa shape index (κ1) is 18.6. The van der Waals surface area contributed by atoms with Crippen molar-refractivity contribution in [1.29, 1.82) is 0 Å². The molecule has 0 spiro atoms. The zero-order chi connectivity index (χ0) is 18.7. The third-order valence-corrected chi connectivity index (χ3v) is 6.41. The highest BCUT2D eigenvalue weighted by Gasteiger charge is 2.32. The van der Waals surface area contributed by atoms with Gasteiger partial charge in [0.15, 0.2) is 0 Å². The van der Waals surface area contributed by atoms with Gasteiger partial charge in [-0.1, -0.05) is 12.1 Å². The Bertz CT molecular complexity index is 886. The maximum absolute atomic E-state index is 13.1. The van der Waals surface area contributed by atoms with Crippen molar-refractivity contribution in [2.75, 3.05) is 20.2 Å². The van der Waals surface area contributed by atoms with Crippen molar-refractivity contribution in [2.24, 2.45) is 0 Å². The summed E-state index contributed by atoms with van der Waals surface area (Å²) in [5, 5.41) is 0. The van der Waals surface area contributed by atoms with E-state index < -0.39 is 10.0 Å². The number of nitrogens with zero attached hydrogens (tertiary/aromatic N) is 3. The Hall–Kier alpha value is -2.19. The molecule has 1 atom stereocenters. The predicted octanol–water partition coefficient (Wildman–Crippen LogP) is 2.33. The van der Waals surface area contributed by atoms with Crippen molar-refractivity contribution >= 4 is 10.0 Å². The van der Waals surface area contributed by atoms with Gasteiger partial charge in [-0.25, -0.2) is 18.4 Å². The molecule has 1 aliphatic rings. The average Bonchev–Trinajstić information content (AvgIpc) is 2.64. The van der Waals surface area contributed by atoms with Crippen LogP contribution in [0.5, 0.6) is 11.8 Å². The first-order valence-corrected chi connectivity index (χ1v) is 9.95. The summed E-state index contributed by atoms with van der Waals surface area (Å²) in [4.78, 5) is 8.55. The standard InChI is InChI=1S/C18H23N3O4S/c1-13-6-7-14(2)16(11-13)26(22,23)21-10-4-5-15(12-21)25-18-17(24-3)19-8-9-20-18/h6-9,11,15H,4-5,10,12H2,1-3H3. The summed E-state index contributed by atoms with van der Waals surface area (Å²) < 4.78 is 38.7. The minimum absolute atomic E-state index is 0.273. The number of benzene rings is 1. The molecule has 140 valence electrons. The largest absolute Gasteiger partial charge is 0.477 e. The lowest BCUT2D eigenvalue weighted by molar-refractivity contribution is 0.119. The molecular formula is C18H23N3O4S. The van der Waals surface area contributed by atoms with Crippen molar-refractivity contribution in [3.05, 3.63) is 41.7 Å². The van der Waals surface area contributed by atoms with E-state index in [1.807, 2.05) is 26.0 Å². The molecule has 8 heteroatoms. The summed E-state index contributed by atoms with van der Waals surface area (Å²) in [7, 11) is -2.07. The van der Waals surface area contributed by atoms with E-state index in [-0.39, 0.29) is 18.5 Å². The Morgan fingerprint density at radius 2 is 1.88 bits per heavy atom. The molecule has 1 aromatic carbocycles. The third kappa shape index (κ3) is 3.81. The Balaban J connectivity index is 1.80. The molecule has 1 saturated heterocycles. The summed E-state index contributed by atoms with van der Waals surface area (Å²) in [6.07, 6.45) is 4.21. The summed E-state index contributed by atoms with van der Waals surface area (Å²) in [6, 6.07) is 5.47. The van der Waals surface area contributed by atoms with Crippen molar-refractivity contribution in [2.45, 2.75) is 37.7 Å². The Kier molecular flexibility index (Phi) is 5.43. The zero-order valence-corrected chi connectivity index (χ0v) is 16.0. The molecule has 0 N–H and O–H groups in total. The lowest BCUT2D eigenvalue weighted by atomic mass is 10.1. The van der Waals surface area contributed by atoms with Gasteiger partial charge in [0.2, 0.25) is 10.0 Å². The van der Waals surface area contributed by atoms with Crippen LogP contribution in [-0.4, -0.2) is 49.0 Å². The topological polar surface area (TPSA) is 81.6 Å². The lowest BCUT2D eigenvalue weighted by Crippen LogP contribution is -2.44. The number of hydrogen-bond acceptors (Lipinski definition) is 6. The SMILES string of the molecule is COc1nccnc1OC1CCCN(S(=O)(=O)c2cc(C)ccc2C)C1. The normalized spacial score (nSPS) is 18.5. The third-order valence-electron chi connectivity index (χ3n) is 4.41. The predicted molar refractivity (Wildman–Crippen MR) is 96.9 cm³/mol. The van der Waals surface area contributed by atoms with Crippen LogP contribution in [0.15, 0.2) is 35.5 Å². The molecule has 0 saturated carbocycles. The van der Waals surface area contributed by atoms with Gasteiger partial charge in [-0.3, -0.25) is 0 Å². The second-order valence-corrected chi connectivity index (χ2v) is 8.29. The van der Waals surface area contributed by atoms with Crippen LogP contribution in [0.2, 0.25) is 0 Å². The Morgan fingerprint density at radius 3 is 2.62 bits per heavy atom. The molecule has 7 nitrogen and oxygen atoms in total. The van der Waals surface area contributed by atoms with E-state index in [2.05, 4.69) is 9.97 Å². The van der Waals surface area contributed by atoms with Crippen LogP contribution in [0.25, 0.3) is 0 Å². The van der Waals surface area contributed by atoms with Crippen molar-refractivity contribution < 1.29 is 17.9 Å². The second kappa shape index (κ2) is 7.59. The number of hydrogen-bond donors (Lipinski definition) is 0. The molecule has 0 amide bonds. The molecule has 2 heterocycles. The van der Waals surface area contributed by atoms with Crippen LogP contribution in [0, 0.1) is 13.8 Å². The minimum atomic E-state index is -3.57. The molecule has 0 aliphatic carbocycles. The number of piperidine rings is 1. The van der Waals surface area contributed by atoms with Gasteiger partial charge in [0.1, 0.15) is 6.10 Å². The van der Waals surface area contributed by atoms with Gasteiger partial charge in [0, 0.05) is 18.9 Å². The monoisotopic (exact) mass is 377 g/mol. The van der Waals surface area contributed by atoms with E-state index >= 15 is 0 Å². The van der Waals surface area contributed by atoms with Crippen LogP contribution >= 0.6 is 0 Å². The van der Waals surface area contributed by atoms with Crippen LogP contribution in [0.3, 0.4) is 0 Å². The van der Waals surface area contributed by atoms with Gasteiger partial charge < -0.3 is 9.47 Å². The van der Waals surface area contributed by atoms with Crippen molar-refractivity contribution in [3.63, 3.8) is 0 Å². The van der Waals surface area contributed by atoms with Crippen molar-refractivity contribution in [1.82, 2.24) is 14.3 Å². The summed E-state index contributed by atoms with van der Waals surface area (Å²) in [5.74, 6) is 0.577. The number of methoxy groups -OCH3 is 1. The van der Waals surface area contributed by atoms with Gasteiger partial charge in [0.05, 0.1) is 18.6 Å². The summed E-state index contributed by atoms with van der Waals surface area (Å²) in [5.41, 5.74) is 1.66. The van der Waals surface area contributed by atoms with E-state index in [9.17, 15) is 8.42 Å². The van der Waals surface area contributed by atoms with E-state index in [1.165, 1.54) is 23.8 Å². The molecule has 1 aromatic heterocycles. The number of aryl methyl sites for hydroxylation is 2. The van der Waals surface area contributed by atoms with Crippen LogP contribution in [0.4, 0.5) is 0 Å². The summed E-state index contributed by atoms with van der Waals surface area (Å²) >= 11 is 0. The number of ether oxygens (including phenoxy) is 2. The molecule has 26 heavy (non-hydrogen) atoms. The lowest BCUT2D eigenvalue weighted by Gasteiger charge is -2.32. The number of aromatic nitrogens is 2. The molecular weight excluding hydrogens is 354 g/mol. The molecule has 0 radical (unpaired) electrons. The van der Waals surface area contributed by atoms with Gasteiger partial charge in [0.25, 0.3) is 11.8 Å². The van der Waals surface area contributed by atoms with Gasteiger partial charge in [-0.15, -0.1) is 0 Å². The van der Waals surface area contributed by atoms with Crippen LogP contribution in [-0.2, 0) is 10.0 Å². The quantitative estimate of drug-likeness (QED) is 0.795. The van der Waals surface area contributed by atoms with E-state index in [0.717, 1.165) is 24.0 Å². The molecule has 2 aromatic rings. The van der Waals surface area contributed by atoms with E-state index in [0.29, 0.717) is 17.3 Å². The van der Waals surface area contributed by atoms with Crippen molar-refractivity contribution in [3.8, 4) is 11.8 Å². The molecule has 3 rings (SSSR count). The highest BCUT2D eigenvalue weighted by molar-refractivity contribution is 7.89. The highest BCUT2D eigenvalue weighted by Crippen LogP contribution is 2.27. The fourth-order valence-electron chi connectivity index (χ4n) is 3.04. The second-order valence-electron chi connectivity index (χ2n) is 6.38. The van der Waals surface area contributed by atoms with Gasteiger partial charge in [-0.2, -0.15) is 4.31 Å². The highest BCUT2D eigenvalue weighted by atomic mass is 32.2. The van der Waals surface area contributed by atoms with E-state index in [4.69, 9.17) is 9.47 Å². The smallest absolute Gasteiger partial charge is 0.278 e. The first-order valence-electron chi connectivity index (χ1n) is 8.51.